The van der Waals surface area contributed by atoms with Crippen molar-refractivity contribution < 1.29 is 4.74 Å². The molecule has 2 aromatic carbocycles. The third kappa shape index (κ3) is 4.20. The van der Waals surface area contributed by atoms with Crippen LogP contribution in [0.2, 0.25) is 0 Å². The van der Waals surface area contributed by atoms with Gasteiger partial charge in [-0.3, -0.25) is 0 Å². The van der Waals surface area contributed by atoms with Crippen LogP contribution in [0.3, 0.4) is 0 Å². The number of H-pyrrole nitrogens is 1. The first-order valence-corrected chi connectivity index (χ1v) is 9.17. The summed E-state index contributed by atoms with van der Waals surface area (Å²) in [6, 6.07) is 16.2. The molecule has 0 radical (unpaired) electrons. The molecule has 3 N–H and O–H groups in total. The molecule has 2 aromatic heterocycles. The molecule has 7 nitrogen and oxygen atoms in total. The number of rotatable bonds is 8. The Morgan fingerprint density at radius 2 is 1.89 bits per heavy atom. The van der Waals surface area contributed by atoms with Crippen LogP contribution in [0.1, 0.15) is 11.1 Å². The summed E-state index contributed by atoms with van der Waals surface area (Å²) in [5.74, 6) is 2.04. The van der Waals surface area contributed by atoms with Gasteiger partial charge in [-0.2, -0.15) is 10.1 Å². The maximum atomic E-state index is 5.17. The van der Waals surface area contributed by atoms with Crippen LogP contribution in [0.15, 0.2) is 60.9 Å². The van der Waals surface area contributed by atoms with Crippen molar-refractivity contribution in [2.24, 2.45) is 0 Å². The summed E-state index contributed by atoms with van der Waals surface area (Å²) >= 11 is 0. The monoisotopic (exact) mass is 374 g/mol. The van der Waals surface area contributed by atoms with Crippen LogP contribution < -0.4 is 15.4 Å². The molecule has 0 saturated heterocycles. The van der Waals surface area contributed by atoms with E-state index in [0.29, 0.717) is 18.3 Å². The Bertz CT molecular complexity index is 1040. The molecule has 28 heavy (non-hydrogen) atoms. The molecule has 0 spiro atoms. The van der Waals surface area contributed by atoms with Gasteiger partial charge in [-0.05, 0) is 35.7 Å². The summed E-state index contributed by atoms with van der Waals surface area (Å²) in [6.45, 7) is 1.38. The highest BCUT2D eigenvalue weighted by Gasteiger charge is 2.04. The maximum Gasteiger partial charge on any atom is 0.244 e. The van der Waals surface area contributed by atoms with E-state index in [1.165, 1.54) is 10.9 Å². The van der Waals surface area contributed by atoms with E-state index in [1.807, 2.05) is 30.3 Å². The Labute approximate surface area is 163 Å². The number of nitrogens with one attached hydrogen (secondary N) is 3. The van der Waals surface area contributed by atoms with E-state index in [4.69, 9.17) is 4.74 Å². The number of hydrogen-bond donors (Lipinski definition) is 3. The van der Waals surface area contributed by atoms with Gasteiger partial charge in [0.1, 0.15) is 5.75 Å². The van der Waals surface area contributed by atoms with E-state index in [1.54, 1.807) is 13.3 Å². The second-order valence-corrected chi connectivity index (χ2v) is 6.40. The largest absolute Gasteiger partial charge is 0.497 e. The number of fused-ring (bicyclic) bond motifs is 1. The highest BCUT2D eigenvalue weighted by molar-refractivity contribution is 5.83. The lowest BCUT2D eigenvalue weighted by Crippen LogP contribution is -2.10. The number of aromatic nitrogens is 4. The number of methoxy groups -OCH3 is 1. The fraction of sp³-hybridized carbons (Fsp3) is 0.190. The maximum absolute atomic E-state index is 5.17. The van der Waals surface area contributed by atoms with E-state index >= 15 is 0 Å². The molecule has 4 rings (SSSR count). The molecule has 0 saturated carbocycles. The average molecular weight is 374 g/mol. The smallest absolute Gasteiger partial charge is 0.244 e. The predicted octanol–water partition coefficient (Wildman–Crippen LogP) is 3.63. The topological polar surface area (TPSA) is 87.8 Å². The van der Waals surface area contributed by atoms with Gasteiger partial charge in [-0.15, -0.1) is 5.10 Å². The van der Waals surface area contributed by atoms with E-state index in [0.717, 1.165) is 29.8 Å². The number of anilines is 2. The van der Waals surface area contributed by atoms with Gasteiger partial charge in [0, 0.05) is 30.2 Å². The molecule has 0 aliphatic heterocycles. The molecular weight excluding hydrogens is 352 g/mol. The Morgan fingerprint density at radius 1 is 1.04 bits per heavy atom. The predicted molar refractivity (Wildman–Crippen MR) is 111 cm³/mol. The van der Waals surface area contributed by atoms with Gasteiger partial charge >= 0.3 is 0 Å². The number of nitrogens with zero attached hydrogens (tertiary/aromatic N) is 3. The van der Waals surface area contributed by atoms with Gasteiger partial charge in [0.2, 0.25) is 5.95 Å². The third-order valence-electron chi connectivity index (χ3n) is 4.54. The number of para-hydroxylation sites is 1. The molecule has 0 aliphatic carbocycles. The van der Waals surface area contributed by atoms with Crippen molar-refractivity contribution in [2.45, 2.75) is 13.0 Å². The molecule has 0 atom stereocenters. The van der Waals surface area contributed by atoms with Crippen molar-refractivity contribution in [1.29, 1.82) is 0 Å². The normalized spacial score (nSPS) is 10.8. The van der Waals surface area contributed by atoms with Crippen molar-refractivity contribution in [3.8, 4) is 5.75 Å². The minimum atomic E-state index is 0.513. The SMILES string of the molecule is COc1ccc(CNc2cnnc(NCCc3c[nH]c4ccccc34)n2)cc1. The lowest BCUT2D eigenvalue weighted by molar-refractivity contribution is 0.414. The lowest BCUT2D eigenvalue weighted by Gasteiger charge is -2.08. The van der Waals surface area contributed by atoms with E-state index in [2.05, 4.69) is 55.2 Å². The molecule has 0 fully saturated rings. The van der Waals surface area contributed by atoms with Crippen molar-refractivity contribution in [3.05, 3.63) is 72.1 Å². The van der Waals surface area contributed by atoms with E-state index in [-0.39, 0.29) is 0 Å². The van der Waals surface area contributed by atoms with Gasteiger partial charge in [0.05, 0.1) is 13.3 Å². The Morgan fingerprint density at radius 3 is 2.75 bits per heavy atom. The minimum absolute atomic E-state index is 0.513. The van der Waals surface area contributed by atoms with Crippen LogP contribution in [0.25, 0.3) is 10.9 Å². The van der Waals surface area contributed by atoms with Crippen LogP contribution in [-0.4, -0.2) is 33.8 Å². The zero-order valence-corrected chi connectivity index (χ0v) is 15.6. The summed E-state index contributed by atoms with van der Waals surface area (Å²) in [5, 5.41) is 15.8. The number of aromatic amines is 1. The molecule has 0 aliphatic rings. The summed E-state index contributed by atoms with van der Waals surface area (Å²) in [5.41, 5.74) is 3.55. The Kier molecular flexibility index (Phi) is 5.33. The van der Waals surface area contributed by atoms with Crippen molar-refractivity contribution in [3.63, 3.8) is 0 Å². The van der Waals surface area contributed by atoms with Gasteiger partial charge < -0.3 is 20.4 Å². The fourth-order valence-corrected chi connectivity index (χ4v) is 3.05. The quantitative estimate of drug-likeness (QED) is 0.437. The van der Waals surface area contributed by atoms with Gasteiger partial charge in [0.25, 0.3) is 0 Å². The molecule has 0 amide bonds. The standard InChI is InChI=1S/C21H22N6O/c1-28-17-8-6-15(7-9-17)12-24-20-14-25-27-21(26-20)22-11-10-16-13-23-19-5-3-2-4-18(16)19/h2-9,13-14,23H,10-12H2,1H3,(H2,22,24,26,27). The zero-order valence-electron chi connectivity index (χ0n) is 15.6. The highest BCUT2D eigenvalue weighted by atomic mass is 16.5. The molecule has 0 unspecified atom stereocenters. The molecule has 7 heteroatoms. The van der Waals surface area contributed by atoms with Crippen LogP contribution in [0.4, 0.5) is 11.8 Å². The Hall–Kier alpha value is -3.61. The van der Waals surface area contributed by atoms with Crippen LogP contribution in [0, 0.1) is 0 Å². The number of ether oxygens (including phenoxy) is 1. The Balaban J connectivity index is 1.31. The highest BCUT2D eigenvalue weighted by Crippen LogP contribution is 2.18. The summed E-state index contributed by atoms with van der Waals surface area (Å²) < 4.78 is 5.17. The van der Waals surface area contributed by atoms with Crippen molar-refractivity contribution >= 4 is 22.7 Å². The summed E-state index contributed by atoms with van der Waals surface area (Å²) in [4.78, 5) is 7.77. The first kappa shape index (κ1) is 17.8. The van der Waals surface area contributed by atoms with E-state index < -0.39 is 0 Å². The fourth-order valence-electron chi connectivity index (χ4n) is 3.05. The summed E-state index contributed by atoms with van der Waals surface area (Å²) in [7, 11) is 1.66. The van der Waals surface area contributed by atoms with Crippen molar-refractivity contribution in [2.75, 3.05) is 24.3 Å². The van der Waals surface area contributed by atoms with Crippen LogP contribution >= 0.6 is 0 Å². The van der Waals surface area contributed by atoms with Gasteiger partial charge in [-0.25, -0.2) is 0 Å². The second-order valence-electron chi connectivity index (χ2n) is 6.40. The molecular formula is C21H22N6O. The molecule has 0 bridgehead atoms. The summed E-state index contributed by atoms with van der Waals surface area (Å²) in [6.07, 6.45) is 4.55. The minimum Gasteiger partial charge on any atom is -0.497 e. The van der Waals surface area contributed by atoms with Gasteiger partial charge in [0.15, 0.2) is 5.82 Å². The van der Waals surface area contributed by atoms with Crippen molar-refractivity contribution in [1.82, 2.24) is 20.2 Å². The number of benzene rings is 2. The molecule has 142 valence electrons. The van der Waals surface area contributed by atoms with Crippen LogP contribution in [-0.2, 0) is 13.0 Å². The first-order valence-electron chi connectivity index (χ1n) is 9.17. The van der Waals surface area contributed by atoms with Gasteiger partial charge in [-0.1, -0.05) is 30.3 Å². The van der Waals surface area contributed by atoms with E-state index in [9.17, 15) is 0 Å². The van der Waals surface area contributed by atoms with Crippen LogP contribution in [0.5, 0.6) is 5.75 Å². The first-order chi connectivity index (χ1) is 13.8. The second kappa shape index (κ2) is 8.39. The number of hydrogen-bond acceptors (Lipinski definition) is 6. The third-order valence-corrected chi connectivity index (χ3v) is 4.54. The molecule has 4 aromatic rings. The lowest BCUT2D eigenvalue weighted by atomic mass is 10.1. The average Bonchev–Trinajstić information content (AvgIpc) is 3.16. The molecule has 2 heterocycles. The zero-order chi connectivity index (χ0) is 19.2.